The van der Waals surface area contributed by atoms with E-state index in [1.165, 1.54) is 0 Å². The van der Waals surface area contributed by atoms with Gasteiger partial charge in [0.1, 0.15) is 5.75 Å². The van der Waals surface area contributed by atoms with E-state index < -0.39 is 5.97 Å². The molecular formula is C17H12O3. The molecule has 0 radical (unpaired) electrons. The van der Waals surface area contributed by atoms with Crippen LogP contribution in [-0.4, -0.2) is 16.2 Å². The van der Waals surface area contributed by atoms with Crippen LogP contribution in [0.5, 0.6) is 5.75 Å². The minimum absolute atomic E-state index is 0.224. The van der Waals surface area contributed by atoms with Gasteiger partial charge < -0.3 is 10.2 Å². The molecule has 0 spiro atoms. The zero-order valence-corrected chi connectivity index (χ0v) is 10.6. The molecular weight excluding hydrogens is 252 g/mol. The van der Waals surface area contributed by atoms with Crippen LogP contribution in [0.15, 0.2) is 60.7 Å². The molecule has 0 aliphatic heterocycles. The summed E-state index contributed by atoms with van der Waals surface area (Å²) < 4.78 is 0. The van der Waals surface area contributed by atoms with E-state index in [-0.39, 0.29) is 11.3 Å². The van der Waals surface area contributed by atoms with Crippen molar-refractivity contribution < 1.29 is 15.0 Å². The lowest BCUT2D eigenvalue weighted by Gasteiger charge is -2.08. The molecule has 0 aromatic heterocycles. The number of rotatable bonds is 2. The van der Waals surface area contributed by atoms with Crippen LogP contribution in [0.1, 0.15) is 10.4 Å². The van der Waals surface area contributed by atoms with Crippen LogP contribution in [0.3, 0.4) is 0 Å². The molecule has 0 saturated heterocycles. The number of fused-ring (bicyclic) bond motifs is 1. The van der Waals surface area contributed by atoms with Crippen molar-refractivity contribution in [2.75, 3.05) is 0 Å². The van der Waals surface area contributed by atoms with Gasteiger partial charge in [-0.15, -0.1) is 0 Å². The van der Waals surface area contributed by atoms with E-state index >= 15 is 0 Å². The van der Waals surface area contributed by atoms with Crippen molar-refractivity contribution in [2.45, 2.75) is 0 Å². The monoisotopic (exact) mass is 264 g/mol. The van der Waals surface area contributed by atoms with E-state index in [1.807, 2.05) is 36.4 Å². The first-order chi connectivity index (χ1) is 9.65. The number of carboxylic acid groups (broad SMARTS) is 1. The van der Waals surface area contributed by atoms with Gasteiger partial charge in [-0.2, -0.15) is 0 Å². The molecule has 0 aliphatic carbocycles. The van der Waals surface area contributed by atoms with Crippen molar-refractivity contribution in [2.24, 2.45) is 0 Å². The summed E-state index contributed by atoms with van der Waals surface area (Å²) in [5.74, 6) is -0.705. The molecule has 0 amide bonds. The third-order valence-corrected chi connectivity index (χ3v) is 3.31. The number of hydrogen-bond acceptors (Lipinski definition) is 2. The van der Waals surface area contributed by atoms with Gasteiger partial charge in [0.15, 0.2) is 0 Å². The molecule has 2 N–H and O–H groups in total. The average Bonchev–Trinajstić information content (AvgIpc) is 2.47. The Morgan fingerprint density at radius 2 is 1.65 bits per heavy atom. The van der Waals surface area contributed by atoms with Gasteiger partial charge in [0, 0.05) is 0 Å². The Morgan fingerprint density at radius 3 is 2.35 bits per heavy atom. The van der Waals surface area contributed by atoms with E-state index in [0.29, 0.717) is 0 Å². The fraction of sp³-hybridized carbons (Fsp3) is 0. The molecule has 0 unspecified atom stereocenters. The molecule has 3 nitrogen and oxygen atoms in total. The van der Waals surface area contributed by atoms with Crippen LogP contribution in [0, 0.1) is 0 Å². The Morgan fingerprint density at radius 1 is 0.900 bits per heavy atom. The zero-order chi connectivity index (χ0) is 14.1. The zero-order valence-electron chi connectivity index (χ0n) is 10.6. The SMILES string of the molecule is O=C(O)c1ccc2c(-c3ccc(O)cc3)cccc2c1. The van der Waals surface area contributed by atoms with E-state index in [4.69, 9.17) is 5.11 Å². The van der Waals surface area contributed by atoms with Gasteiger partial charge >= 0.3 is 5.97 Å². The Hall–Kier alpha value is -2.81. The van der Waals surface area contributed by atoms with Crippen molar-refractivity contribution >= 4 is 16.7 Å². The standard InChI is InChI=1S/C17H12O3/c18-14-7-4-11(5-8-14)15-3-1-2-12-10-13(17(19)20)6-9-16(12)15/h1-10,18H,(H,19,20). The summed E-state index contributed by atoms with van der Waals surface area (Å²) in [7, 11) is 0. The van der Waals surface area contributed by atoms with Gasteiger partial charge in [-0.3, -0.25) is 0 Å². The second kappa shape index (κ2) is 4.70. The van der Waals surface area contributed by atoms with Crippen LogP contribution in [0.2, 0.25) is 0 Å². The van der Waals surface area contributed by atoms with E-state index in [9.17, 15) is 9.90 Å². The Balaban J connectivity index is 2.21. The Labute approximate surface area is 115 Å². The summed E-state index contributed by atoms with van der Waals surface area (Å²) >= 11 is 0. The first kappa shape index (κ1) is 12.2. The Kier molecular flexibility index (Phi) is 2.88. The van der Waals surface area contributed by atoms with Crippen LogP contribution >= 0.6 is 0 Å². The highest BCUT2D eigenvalue weighted by atomic mass is 16.4. The van der Waals surface area contributed by atoms with Crippen molar-refractivity contribution in [3.05, 3.63) is 66.2 Å². The largest absolute Gasteiger partial charge is 0.508 e. The smallest absolute Gasteiger partial charge is 0.335 e. The van der Waals surface area contributed by atoms with Gasteiger partial charge in [-0.05, 0) is 46.2 Å². The predicted octanol–water partition coefficient (Wildman–Crippen LogP) is 3.91. The molecule has 98 valence electrons. The summed E-state index contributed by atoms with van der Waals surface area (Å²) in [4.78, 5) is 11.0. The van der Waals surface area contributed by atoms with Crippen LogP contribution in [0.25, 0.3) is 21.9 Å². The van der Waals surface area contributed by atoms with Gasteiger partial charge in [0.05, 0.1) is 5.56 Å². The fourth-order valence-electron chi connectivity index (χ4n) is 2.31. The molecule has 0 saturated carbocycles. The molecule has 20 heavy (non-hydrogen) atoms. The first-order valence-electron chi connectivity index (χ1n) is 6.20. The molecule has 0 bridgehead atoms. The van der Waals surface area contributed by atoms with Crippen molar-refractivity contribution in [1.29, 1.82) is 0 Å². The van der Waals surface area contributed by atoms with Crippen LogP contribution in [0.4, 0.5) is 0 Å². The summed E-state index contributed by atoms with van der Waals surface area (Å²) in [6, 6.07) is 17.8. The van der Waals surface area contributed by atoms with Crippen molar-refractivity contribution in [3.63, 3.8) is 0 Å². The number of hydrogen-bond donors (Lipinski definition) is 2. The molecule has 0 fully saturated rings. The molecule has 3 rings (SSSR count). The molecule has 3 aromatic carbocycles. The second-order valence-electron chi connectivity index (χ2n) is 4.59. The maximum atomic E-state index is 11.0. The number of carboxylic acids is 1. The summed E-state index contributed by atoms with van der Waals surface area (Å²) in [5, 5.41) is 20.3. The van der Waals surface area contributed by atoms with E-state index in [0.717, 1.165) is 21.9 Å². The molecule has 0 atom stereocenters. The van der Waals surface area contributed by atoms with Crippen LogP contribution < -0.4 is 0 Å². The minimum atomic E-state index is -0.929. The van der Waals surface area contributed by atoms with Crippen LogP contribution in [-0.2, 0) is 0 Å². The summed E-state index contributed by atoms with van der Waals surface area (Å²) in [5.41, 5.74) is 2.27. The molecule has 0 aliphatic rings. The minimum Gasteiger partial charge on any atom is -0.508 e. The van der Waals surface area contributed by atoms with Gasteiger partial charge in [0.2, 0.25) is 0 Å². The van der Waals surface area contributed by atoms with Crippen molar-refractivity contribution in [1.82, 2.24) is 0 Å². The normalized spacial score (nSPS) is 10.6. The van der Waals surface area contributed by atoms with E-state index in [1.54, 1.807) is 24.3 Å². The summed E-state index contributed by atoms with van der Waals surface area (Å²) in [6.45, 7) is 0. The van der Waals surface area contributed by atoms with Gasteiger partial charge in [-0.1, -0.05) is 36.4 Å². The van der Waals surface area contributed by atoms with E-state index in [2.05, 4.69) is 0 Å². The topological polar surface area (TPSA) is 57.5 Å². The summed E-state index contributed by atoms with van der Waals surface area (Å²) in [6.07, 6.45) is 0. The molecule has 3 heteroatoms. The van der Waals surface area contributed by atoms with Gasteiger partial charge in [0.25, 0.3) is 0 Å². The molecule has 0 heterocycles. The highest BCUT2D eigenvalue weighted by Gasteiger charge is 2.07. The lowest BCUT2D eigenvalue weighted by atomic mass is 9.97. The molecule has 3 aromatic rings. The number of aromatic hydroxyl groups is 1. The quantitative estimate of drug-likeness (QED) is 0.737. The first-order valence-corrected chi connectivity index (χ1v) is 6.20. The maximum Gasteiger partial charge on any atom is 0.335 e. The second-order valence-corrected chi connectivity index (χ2v) is 4.59. The number of aromatic carboxylic acids is 1. The lowest BCUT2D eigenvalue weighted by molar-refractivity contribution is 0.0697. The Bertz CT molecular complexity index is 789. The number of phenolic OH excluding ortho intramolecular Hbond substituents is 1. The number of phenols is 1. The predicted molar refractivity (Wildman–Crippen MR) is 78.0 cm³/mol. The fourth-order valence-corrected chi connectivity index (χ4v) is 2.31. The lowest BCUT2D eigenvalue weighted by Crippen LogP contribution is -1.95. The number of carbonyl (C=O) groups is 1. The number of benzene rings is 3. The maximum absolute atomic E-state index is 11.0. The highest BCUT2D eigenvalue weighted by molar-refractivity contribution is 6.00. The highest BCUT2D eigenvalue weighted by Crippen LogP contribution is 2.30. The van der Waals surface area contributed by atoms with Crippen molar-refractivity contribution in [3.8, 4) is 16.9 Å². The average molecular weight is 264 g/mol. The third-order valence-electron chi connectivity index (χ3n) is 3.31. The van der Waals surface area contributed by atoms with Gasteiger partial charge in [-0.25, -0.2) is 4.79 Å². The third kappa shape index (κ3) is 2.10.